The van der Waals surface area contributed by atoms with E-state index in [4.69, 9.17) is 0 Å². The maximum absolute atomic E-state index is 12.8. The van der Waals surface area contributed by atoms with Crippen LogP contribution in [-0.4, -0.2) is 45.2 Å². The lowest BCUT2D eigenvalue weighted by Crippen LogP contribution is -2.28. The molecule has 0 spiro atoms. The number of amides is 2. The first-order valence-electron chi connectivity index (χ1n) is 9.30. The highest BCUT2D eigenvalue weighted by Gasteiger charge is 2.35. The van der Waals surface area contributed by atoms with E-state index in [1.54, 1.807) is 17.9 Å². The lowest BCUT2D eigenvalue weighted by Gasteiger charge is -2.18. The molecule has 29 heavy (non-hydrogen) atoms. The fourth-order valence-electron chi connectivity index (χ4n) is 3.20. The first-order chi connectivity index (χ1) is 13.6. The number of nitrogens with zero attached hydrogens (tertiary/aromatic N) is 2. The van der Waals surface area contributed by atoms with E-state index >= 15 is 0 Å². The van der Waals surface area contributed by atoms with Crippen LogP contribution >= 0.6 is 0 Å². The average Bonchev–Trinajstić information content (AvgIpc) is 3.05. The molecule has 1 atom stereocenters. The van der Waals surface area contributed by atoms with E-state index in [1.807, 2.05) is 31.2 Å². The van der Waals surface area contributed by atoms with Crippen LogP contribution in [0.25, 0.3) is 0 Å². The first kappa shape index (κ1) is 21.0. The van der Waals surface area contributed by atoms with Crippen molar-refractivity contribution in [3.05, 3.63) is 53.6 Å². The van der Waals surface area contributed by atoms with Gasteiger partial charge in [-0.05, 0) is 43.7 Å². The van der Waals surface area contributed by atoms with Crippen LogP contribution in [-0.2, 0) is 19.6 Å². The number of benzene rings is 2. The Balaban J connectivity index is 1.77. The van der Waals surface area contributed by atoms with Crippen molar-refractivity contribution >= 4 is 33.2 Å². The van der Waals surface area contributed by atoms with Gasteiger partial charge in [0, 0.05) is 38.4 Å². The molecule has 8 heteroatoms. The van der Waals surface area contributed by atoms with E-state index in [1.165, 1.54) is 26.2 Å². The number of rotatable bonds is 5. The maximum Gasteiger partial charge on any atom is 0.242 e. The van der Waals surface area contributed by atoms with Crippen molar-refractivity contribution in [2.24, 2.45) is 5.92 Å². The summed E-state index contributed by atoms with van der Waals surface area (Å²) in [6, 6.07) is 12.2. The van der Waals surface area contributed by atoms with Gasteiger partial charge in [0.25, 0.3) is 0 Å². The van der Waals surface area contributed by atoms with E-state index in [-0.39, 0.29) is 23.1 Å². The molecule has 1 fully saturated rings. The summed E-state index contributed by atoms with van der Waals surface area (Å²) in [6.07, 6.45) is 0.119. The van der Waals surface area contributed by atoms with Crippen molar-refractivity contribution in [1.29, 1.82) is 0 Å². The fraction of sp³-hybridized carbons (Fsp3) is 0.333. The molecule has 1 aliphatic rings. The Labute approximate surface area is 171 Å². The second-order valence-corrected chi connectivity index (χ2v) is 9.65. The molecule has 3 rings (SSSR count). The van der Waals surface area contributed by atoms with E-state index in [0.717, 1.165) is 21.1 Å². The van der Waals surface area contributed by atoms with Crippen molar-refractivity contribution in [1.82, 2.24) is 4.31 Å². The number of aryl methyl sites for hydroxylation is 2. The van der Waals surface area contributed by atoms with Gasteiger partial charge in [0.2, 0.25) is 21.8 Å². The smallest absolute Gasteiger partial charge is 0.242 e. The van der Waals surface area contributed by atoms with Gasteiger partial charge >= 0.3 is 0 Å². The monoisotopic (exact) mass is 415 g/mol. The Morgan fingerprint density at radius 3 is 2.38 bits per heavy atom. The summed E-state index contributed by atoms with van der Waals surface area (Å²) in [5, 5.41) is 2.80. The van der Waals surface area contributed by atoms with Gasteiger partial charge in [-0.25, -0.2) is 12.7 Å². The van der Waals surface area contributed by atoms with Crippen molar-refractivity contribution in [3.63, 3.8) is 0 Å². The van der Waals surface area contributed by atoms with E-state index in [9.17, 15) is 18.0 Å². The summed E-state index contributed by atoms with van der Waals surface area (Å²) < 4.78 is 25.9. The summed E-state index contributed by atoms with van der Waals surface area (Å²) in [4.78, 5) is 26.9. The molecular formula is C21H25N3O4S. The minimum absolute atomic E-state index is 0.102. The molecule has 1 N–H and O–H groups in total. The molecule has 0 radical (unpaired) electrons. The Bertz CT molecular complexity index is 1050. The van der Waals surface area contributed by atoms with Gasteiger partial charge in [0.05, 0.1) is 10.8 Å². The van der Waals surface area contributed by atoms with Gasteiger partial charge in [-0.15, -0.1) is 0 Å². The van der Waals surface area contributed by atoms with Gasteiger partial charge in [-0.2, -0.15) is 0 Å². The van der Waals surface area contributed by atoms with E-state index < -0.39 is 15.9 Å². The number of anilines is 2. The van der Waals surface area contributed by atoms with Crippen LogP contribution in [0.15, 0.2) is 47.4 Å². The molecule has 0 aromatic heterocycles. The van der Waals surface area contributed by atoms with E-state index in [0.29, 0.717) is 12.2 Å². The second-order valence-electron chi connectivity index (χ2n) is 7.49. The molecule has 2 amide bonds. The third kappa shape index (κ3) is 4.33. The molecule has 1 aliphatic heterocycles. The standard InChI is InChI=1S/C21H25N3O4S/c1-14-5-8-17(9-6-14)24-13-16(11-20(24)25)21(26)22-19-12-18(10-7-15(19)2)29(27,28)23(3)4/h5-10,12,16H,11,13H2,1-4H3,(H,22,26). The number of nitrogens with one attached hydrogen (secondary N) is 1. The summed E-state index contributed by atoms with van der Waals surface area (Å²) in [6.45, 7) is 4.06. The molecule has 0 aliphatic carbocycles. The number of carbonyl (C=O) groups excluding carboxylic acids is 2. The van der Waals surface area contributed by atoms with Crippen molar-refractivity contribution in [3.8, 4) is 0 Å². The summed E-state index contributed by atoms with van der Waals surface area (Å²) >= 11 is 0. The highest BCUT2D eigenvalue weighted by Crippen LogP contribution is 2.28. The zero-order valence-corrected chi connectivity index (χ0v) is 17.8. The largest absolute Gasteiger partial charge is 0.325 e. The highest BCUT2D eigenvalue weighted by atomic mass is 32.2. The molecule has 1 saturated heterocycles. The van der Waals surface area contributed by atoms with Crippen LogP contribution < -0.4 is 10.2 Å². The Morgan fingerprint density at radius 2 is 1.76 bits per heavy atom. The van der Waals surface area contributed by atoms with E-state index in [2.05, 4.69) is 5.32 Å². The minimum atomic E-state index is -3.61. The first-order valence-corrected chi connectivity index (χ1v) is 10.7. The third-order valence-corrected chi connectivity index (χ3v) is 6.90. The minimum Gasteiger partial charge on any atom is -0.325 e. The SMILES string of the molecule is Cc1ccc(N2CC(C(=O)Nc3cc(S(=O)(=O)N(C)C)ccc3C)CC2=O)cc1. The lowest BCUT2D eigenvalue weighted by atomic mass is 10.1. The maximum atomic E-state index is 12.8. The summed E-state index contributed by atoms with van der Waals surface area (Å²) in [5.41, 5.74) is 3.04. The van der Waals surface area contributed by atoms with Gasteiger partial charge in [0.15, 0.2) is 0 Å². The normalized spacial score (nSPS) is 17.1. The molecule has 2 aromatic carbocycles. The molecule has 2 aromatic rings. The van der Waals surface area contributed by atoms with Gasteiger partial charge in [-0.3, -0.25) is 9.59 Å². The van der Waals surface area contributed by atoms with Crippen LogP contribution in [0.1, 0.15) is 17.5 Å². The fourth-order valence-corrected chi connectivity index (χ4v) is 4.13. The second kappa shape index (κ2) is 7.96. The number of carbonyl (C=O) groups is 2. The van der Waals surface area contributed by atoms with Crippen LogP contribution in [0, 0.1) is 19.8 Å². The molecule has 154 valence electrons. The summed E-state index contributed by atoms with van der Waals surface area (Å²) in [5.74, 6) is -0.901. The molecular weight excluding hydrogens is 390 g/mol. The van der Waals surface area contributed by atoms with Crippen LogP contribution in [0.3, 0.4) is 0 Å². The molecule has 0 bridgehead atoms. The zero-order chi connectivity index (χ0) is 21.3. The quantitative estimate of drug-likeness (QED) is 0.813. The summed E-state index contributed by atoms with van der Waals surface area (Å²) in [7, 11) is -0.697. The lowest BCUT2D eigenvalue weighted by molar-refractivity contribution is -0.122. The Kier molecular flexibility index (Phi) is 5.77. The number of hydrogen-bond acceptors (Lipinski definition) is 4. The predicted molar refractivity (Wildman–Crippen MR) is 112 cm³/mol. The highest BCUT2D eigenvalue weighted by molar-refractivity contribution is 7.89. The van der Waals surface area contributed by atoms with Gasteiger partial charge < -0.3 is 10.2 Å². The van der Waals surface area contributed by atoms with Crippen molar-refractivity contribution in [2.75, 3.05) is 30.9 Å². The Hall–Kier alpha value is -2.71. The Morgan fingerprint density at radius 1 is 1.10 bits per heavy atom. The molecule has 7 nitrogen and oxygen atoms in total. The van der Waals surface area contributed by atoms with Crippen molar-refractivity contribution < 1.29 is 18.0 Å². The molecule has 0 saturated carbocycles. The molecule has 1 unspecified atom stereocenters. The predicted octanol–water partition coefficient (Wildman–Crippen LogP) is 2.55. The third-order valence-electron chi connectivity index (χ3n) is 5.09. The van der Waals surface area contributed by atoms with Gasteiger partial charge in [0.1, 0.15) is 0 Å². The van der Waals surface area contributed by atoms with Gasteiger partial charge in [-0.1, -0.05) is 23.8 Å². The molecule has 1 heterocycles. The van der Waals surface area contributed by atoms with Crippen LogP contribution in [0.2, 0.25) is 0 Å². The zero-order valence-electron chi connectivity index (χ0n) is 17.0. The average molecular weight is 416 g/mol. The van der Waals surface area contributed by atoms with Crippen LogP contribution in [0.4, 0.5) is 11.4 Å². The van der Waals surface area contributed by atoms with Crippen LogP contribution in [0.5, 0.6) is 0 Å². The number of sulfonamides is 1. The van der Waals surface area contributed by atoms with Crippen molar-refractivity contribution in [2.45, 2.75) is 25.2 Å². The topological polar surface area (TPSA) is 86.8 Å². The number of hydrogen-bond donors (Lipinski definition) is 1.